The van der Waals surface area contributed by atoms with Crippen LogP contribution >= 0.6 is 24.0 Å². The molecule has 0 aliphatic heterocycles. The Morgan fingerprint density at radius 3 is 2.85 bits per heavy atom. The minimum Gasteiger partial charge on any atom is -0.380 e. The number of ether oxygens (including phenoxy) is 1. The molecule has 3 N–H and O–H groups in total. The molecule has 0 saturated heterocycles. The molecule has 0 fully saturated rings. The summed E-state index contributed by atoms with van der Waals surface area (Å²) in [5.74, 6) is 0.105. The Morgan fingerprint density at radius 1 is 1.23 bits per heavy atom. The SMILES string of the molecule is COCc1cc(CN=C(N)Nc2cccc3c2CCCC3)ccc1F.I. The zero-order valence-corrected chi connectivity index (χ0v) is 17.3. The van der Waals surface area contributed by atoms with Crippen LogP contribution < -0.4 is 11.1 Å². The monoisotopic (exact) mass is 469 g/mol. The summed E-state index contributed by atoms with van der Waals surface area (Å²) in [6.45, 7) is 0.637. The Hall–Kier alpha value is -1.67. The second kappa shape index (κ2) is 9.87. The molecular formula is C20H25FIN3O. The van der Waals surface area contributed by atoms with E-state index in [-0.39, 0.29) is 36.4 Å². The van der Waals surface area contributed by atoms with Crippen molar-refractivity contribution in [2.75, 3.05) is 12.4 Å². The smallest absolute Gasteiger partial charge is 0.193 e. The van der Waals surface area contributed by atoms with Crippen LogP contribution in [-0.4, -0.2) is 13.1 Å². The molecule has 0 radical (unpaired) electrons. The number of nitrogens with zero attached hydrogens (tertiary/aromatic N) is 1. The van der Waals surface area contributed by atoms with Crippen LogP contribution in [0.15, 0.2) is 41.4 Å². The normalized spacial score (nSPS) is 13.7. The van der Waals surface area contributed by atoms with Gasteiger partial charge in [0.15, 0.2) is 5.96 Å². The maximum atomic E-state index is 13.7. The number of anilines is 1. The van der Waals surface area contributed by atoms with Crippen LogP contribution in [0.1, 0.15) is 35.1 Å². The highest BCUT2D eigenvalue weighted by atomic mass is 127. The van der Waals surface area contributed by atoms with E-state index in [9.17, 15) is 4.39 Å². The van der Waals surface area contributed by atoms with Crippen LogP contribution in [0.3, 0.4) is 0 Å². The predicted molar refractivity (Wildman–Crippen MR) is 115 cm³/mol. The van der Waals surface area contributed by atoms with Gasteiger partial charge < -0.3 is 15.8 Å². The van der Waals surface area contributed by atoms with Gasteiger partial charge in [-0.15, -0.1) is 24.0 Å². The third-order valence-electron chi connectivity index (χ3n) is 4.50. The van der Waals surface area contributed by atoms with Gasteiger partial charge >= 0.3 is 0 Å². The maximum absolute atomic E-state index is 13.7. The van der Waals surface area contributed by atoms with Gasteiger partial charge in [-0.3, -0.25) is 0 Å². The predicted octanol–water partition coefficient (Wildman–Crippen LogP) is 4.40. The van der Waals surface area contributed by atoms with Gasteiger partial charge in [-0.2, -0.15) is 0 Å². The fourth-order valence-electron chi connectivity index (χ4n) is 3.24. The summed E-state index contributed by atoms with van der Waals surface area (Å²) in [7, 11) is 1.55. The highest BCUT2D eigenvalue weighted by Crippen LogP contribution is 2.27. The van der Waals surface area contributed by atoms with Gasteiger partial charge in [0.05, 0.1) is 13.2 Å². The van der Waals surface area contributed by atoms with Crippen molar-refractivity contribution < 1.29 is 9.13 Å². The van der Waals surface area contributed by atoms with Crippen LogP contribution in [0.25, 0.3) is 0 Å². The summed E-state index contributed by atoms with van der Waals surface area (Å²) in [6, 6.07) is 11.2. The molecule has 2 aromatic carbocycles. The molecule has 0 spiro atoms. The molecule has 4 nitrogen and oxygen atoms in total. The Kier molecular flexibility index (Phi) is 7.84. The first-order chi connectivity index (χ1) is 12.2. The van der Waals surface area contributed by atoms with Gasteiger partial charge in [-0.05, 0) is 60.6 Å². The van der Waals surface area contributed by atoms with Crippen molar-refractivity contribution in [3.63, 3.8) is 0 Å². The molecule has 140 valence electrons. The highest BCUT2D eigenvalue weighted by Gasteiger charge is 2.13. The lowest BCUT2D eigenvalue weighted by Crippen LogP contribution is -2.24. The first-order valence-corrected chi connectivity index (χ1v) is 8.61. The molecule has 0 saturated carbocycles. The Morgan fingerprint density at radius 2 is 2.04 bits per heavy atom. The van der Waals surface area contributed by atoms with Gasteiger partial charge in [0.2, 0.25) is 0 Å². The molecule has 3 rings (SSSR count). The van der Waals surface area contributed by atoms with Crippen molar-refractivity contribution in [1.82, 2.24) is 0 Å². The molecule has 1 aliphatic carbocycles. The summed E-state index contributed by atoms with van der Waals surface area (Å²) in [6.07, 6.45) is 4.65. The molecule has 0 unspecified atom stereocenters. The van der Waals surface area contributed by atoms with E-state index >= 15 is 0 Å². The number of fused-ring (bicyclic) bond motifs is 1. The number of aliphatic imine (C=N–C) groups is 1. The fourth-order valence-corrected chi connectivity index (χ4v) is 3.24. The Bertz CT molecular complexity index is 780. The summed E-state index contributed by atoms with van der Waals surface area (Å²) in [5, 5.41) is 3.22. The lowest BCUT2D eigenvalue weighted by Gasteiger charge is -2.19. The second-order valence-electron chi connectivity index (χ2n) is 6.34. The number of hydrogen-bond acceptors (Lipinski definition) is 2. The van der Waals surface area contributed by atoms with Crippen molar-refractivity contribution in [3.8, 4) is 0 Å². The number of nitrogens with two attached hydrogens (primary N) is 1. The van der Waals surface area contributed by atoms with E-state index in [0.717, 1.165) is 24.1 Å². The van der Waals surface area contributed by atoms with Crippen molar-refractivity contribution in [2.24, 2.45) is 10.7 Å². The largest absolute Gasteiger partial charge is 0.380 e. The zero-order valence-electron chi connectivity index (χ0n) is 14.9. The molecule has 0 aromatic heterocycles. The minimum atomic E-state index is -0.267. The Labute approximate surface area is 171 Å². The number of aryl methyl sites for hydroxylation is 1. The number of nitrogens with one attached hydrogen (secondary N) is 1. The van der Waals surface area contributed by atoms with E-state index in [0.29, 0.717) is 18.1 Å². The van der Waals surface area contributed by atoms with E-state index in [1.165, 1.54) is 30.0 Å². The highest BCUT2D eigenvalue weighted by molar-refractivity contribution is 14.0. The van der Waals surface area contributed by atoms with Crippen LogP contribution in [0.2, 0.25) is 0 Å². The van der Waals surface area contributed by atoms with Gasteiger partial charge in [-0.25, -0.2) is 9.38 Å². The molecule has 1 aliphatic rings. The average Bonchev–Trinajstić information content (AvgIpc) is 2.63. The maximum Gasteiger partial charge on any atom is 0.193 e. The van der Waals surface area contributed by atoms with Crippen molar-refractivity contribution >= 4 is 35.6 Å². The lowest BCUT2D eigenvalue weighted by atomic mass is 9.90. The van der Waals surface area contributed by atoms with Gasteiger partial charge in [0.1, 0.15) is 5.82 Å². The van der Waals surface area contributed by atoms with Gasteiger partial charge in [-0.1, -0.05) is 18.2 Å². The van der Waals surface area contributed by atoms with Crippen LogP contribution in [0.5, 0.6) is 0 Å². The van der Waals surface area contributed by atoms with Crippen LogP contribution in [0.4, 0.5) is 10.1 Å². The van der Waals surface area contributed by atoms with Crippen LogP contribution in [-0.2, 0) is 30.7 Å². The number of rotatable bonds is 5. The minimum absolute atomic E-state index is 0. The van der Waals surface area contributed by atoms with Gasteiger partial charge in [0, 0.05) is 18.4 Å². The molecule has 0 heterocycles. The molecule has 0 atom stereocenters. The number of methoxy groups -OCH3 is 1. The number of halogens is 2. The quantitative estimate of drug-likeness (QED) is 0.388. The third-order valence-corrected chi connectivity index (χ3v) is 4.50. The van der Waals surface area contributed by atoms with Crippen LogP contribution in [0, 0.1) is 5.82 Å². The molecule has 0 bridgehead atoms. The Balaban J connectivity index is 0.00000243. The molecule has 6 heteroatoms. The van der Waals surface area contributed by atoms with E-state index < -0.39 is 0 Å². The van der Waals surface area contributed by atoms with Crippen molar-refractivity contribution in [3.05, 3.63) is 64.5 Å². The summed E-state index contributed by atoms with van der Waals surface area (Å²) >= 11 is 0. The topological polar surface area (TPSA) is 59.6 Å². The fraction of sp³-hybridized carbons (Fsp3) is 0.350. The molecule has 26 heavy (non-hydrogen) atoms. The van der Waals surface area contributed by atoms with E-state index in [1.54, 1.807) is 19.2 Å². The van der Waals surface area contributed by atoms with E-state index in [1.807, 2.05) is 6.07 Å². The van der Waals surface area contributed by atoms with E-state index in [2.05, 4.69) is 22.4 Å². The van der Waals surface area contributed by atoms with Crippen molar-refractivity contribution in [1.29, 1.82) is 0 Å². The van der Waals surface area contributed by atoms with Crippen molar-refractivity contribution in [2.45, 2.75) is 38.8 Å². The number of guanidine groups is 1. The van der Waals surface area contributed by atoms with E-state index in [4.69, 9.17) is 10.5 Å². The summed E-state index contributed by atoms with van der Waals surface area (Å²) in [4.78, 5) is 4.39. The summed E-state index contributed by atoms with van der Waals surface area (Å²) < 4.78 is 18.7. The zero-order chi connectivity index (χ0) is 17.6. The molecule has 0 amide bonds. The second-order valence-corrected chi connectivity index (χ2v) is 6.34. The molecule has 2 aromatic rings. The standard InChI is InChI=1S/C20H24FN3O.HI/c1-25-13-16-11-14(9-10-18(16)21)12-23-20(22)24-19-8-4-6-15-5-2-3-7-17(15)19;/h4,6,8-11H,2-3,5,7,12-13H2,1H3,(H3,22,23,24);1H. The lowest BCUT2D eigenvalue weighted by molar-refractivity contribution is 0.181. The number of hydrogen-bond donors (Lipinski definition) is 2. The first kappa shape index (κ1) is 20.6. The van der Waals surface area contributed by atoms with Gasteiger partial charge in [0.25, 0.3) is 0 Å². The summed E-state index contributed by atoms with van der Waals surface area (Å²) in [5.41, 5.74) is 11.3. The first-order valence-electron chi connectivity index (χ1n) is 8.61. The molecular weight excluding hydrogens is 444 g/mol. The third kappa shape index (κ3) is 5.17. The average molecular weight is 469 g/mol. The number of benzene rings is 2.